The fraction of sp³-hybridized carbons (Fsp3) is 1.00. The van der Waals surface area contributed by atoms with E-state index in [-0.39, 0.29) is 0 Å². The Morgan fingerprint density at radius 1 is 1.38 bits per heavy atom. The molecule has 0 amide bonds. The molecule has 0 spiro atoms. The minimum absolute atomic E-state index is 0.916. The standard InChI is InChI=1S/C10H21NOS/c1-12-7-2-8-13-9-10-3-5-11-6-4-10/h10-11H,2-9H2,1H3. The highest BCUT2D eigenvalue weighted by Gasteiger charge is 2.11. The van der Waals surface area contributed by atoms with Gasteiger partial charge < -0.3 is 10.1 Å². The van der Waals surface area contributed by atoms with Gasteiger partial charge in [0.1, 0.15) is 0 Å². The number of nitrogens with one attached hydrogen (secondary N) is 1. The Labute approximate surface area is 85.8 Å². The van der Waals surface area contributed by atoms with Crippen molar-refractivity contribution in [1.82, 2.24) is 5.32 Å². The summed E-state index contributed by atoms with van der Waals surface area (Å²) in [7, 11) is 1.78. The summed E-state index contributed by atoms with van der Waals surface area (Å²) >= 11 is 2.09. The normalized spacial score (nSPS) is 19.2. The predicted octanol–water partition coefficient (Wildman–Crippen LogP) is 1.76. The van der Waals surface area contributed by atoms with Gasteiger partial charge >= 0.3 is 0 Å². The van der Waals surface area contributed by atoms with Gasteiger partial charge in [0.25, 0.3) is 0 Å². The summed E-state index contributed by atoms with van der Waals surface area (Å²) in [6.07, 6.45) is 3.95. The average Bonchev–Trinajstić information content (AvgIpc) is 2.19. The lowest BCUT2D eigenvalue weighted by Gasteiger charge is -2.21. The molecule has 1 fully saturated rings. The molecule has 1 rings (SSSR count). The van der Waals surface area contributed by atoms with Crippen molar-refractivity contribution in [2.75, 3.05) is 38.3 Å². The predicted molar refractivity (Wildman–Crippen MR) is 59.4 cm³/mol. The van der Waals surface area contributed by atoms with Crippen molar-refractivity contribution < 1.29 is 4.74 Å². The number of hydrogen-bond donors (Lipinski definition) is 1. The van der Waals surface area contributed by atoms with Crippen LogP contribution in [0.5, 0.6) is 0 Å². The number of ether oxygens (including phenoxy) is 1. The van der Waals surface area contributed by atoms with E-state index in [1.54, 1.807) is 7.11 Å². The second kappa shape index (κ2) is 7.65. The molecule has 0 aliphatic carbocycles. The Balaban J connectivity index is 1.86. The summed E-state index contributed by atoms with van der Waals surface area (Å²) in [5.41, 5.74) is 0. The summed E-state index contributed by atoms with van der Waals surface area (Å²) in [4.78, 5) is 0. The summed E-state index contributed by atoms with van der Waals surface area (Å²) in [5.74, 6) is 3.58. The topological polar surface area (TPSA) is 21.3 Å². The van der Waals surface area contributed by atoms with E-state index in [0.717, 1.165) is 12.5 Å². The van der Waals surface area contributed by atoms with Crippen LogP contribution in [0.2, 0.25) is 0 Å². The van der Waals surface area contributed by atoms with Gasteiger partial charge in [-0.25, -0.2) is 0 Å². The summed E-state index contributed by atoms with van der Waals surface area (Å²) in [5, 5.41) is 3.40. The maximum absolute atomic E-state index is 5.01. The smallest absolute Gasteiger partial charge is 0.0470 e. The van der Waals surface area contributed by atoms with Crippen LogP contribution < -0.4 is 5.32 Å². The van der Waals surface area contributed by atoms with Gasteiger partial charge in [0.15, 0.2) is 0 Å². The first-order chi connectivity index (χ1) is 6.43. The molecule has 0 radical (unpaired) electrons. The molecule has 0 unspecified atom stereocenters. The first-order valence-electron chi connectivity index (χ1n) is 5.21. The largest absolute Gasteiger partial charge is 0.385 e. The average molecular weight is 203 g/mol. The van der Waals surface area contributed by atoms with Gasteiger partial charge in [-0.2, -0.15) is 11.8 Å². The maximum atomic E-state index is 5.01. The fourth-order valence-corrected chi connectivity index (χ4v) is 2.76. The zero-order valence-corrected chi connectivity index (χ0v) is 9.37. The van der Waals surface area contributed by atoms with E-state index in [0.29, 0.717) is 0 Å². The van der Waals surface area contributed by atoms with Gasteiger partial charge in [-0.05, 0) is 49.8 Å². The number of rotatable bonds is 6. The van der Waals surface area contributed by atoms with E-state index >= 15 is 0 Å². The first-order valence-corrected chi connectivity index (χ1v) is 6.36. The highest BCUT2D eigenvalue weighted by atomic mass is 32.2. The van der Waals surface area contributed by atoms with Crippen LogP contribution in [0.3, 0.4) is 0 Å². The van der Waals surface area contributed by atoms with Crippen molar-refractivity contribution >= 4 is 11.8 Å². The Hall–Kier alpha value is 0.270. The van der Waals surface area contributed by atoms with Crippen LogP contribution in [0.15, 0.2) is 0 Å². The monoisotopic (exact) mass is 203 g/mol. The molecule has 0 bridgehead atoms. The van der Waals surface area contributed by atoms with E-state index in [2.05, 4.69) is 17.1 Å². The van der Waals surface area contributed by atoms with Crippen LogP contribution >= 0.6 is 11.8 Å². The quantitative estimate of drug-likeness (QED) is 0.665. The molecule has 2 nitrogen and oxygen atoms in total. The van der Waals surface area contributed by atoms with E-state index in [9.17, 15) is 0 Å². The molecular weight excluding hydrogens is 182 g/mol. The lowest BCUT2D eigenvalue weighted by atomic mass is 10.0. The van der Waals surface area contributed by atoms with Gasteiger partial charge in [0, 0.05) is 13.7 Å². The van der Waals surface area contributed by atoms with Crippen molar-refractivity contribution in [3.05, 3.63) is 0 Å². The molecule has 3 heteroatoms. The van der Waals surface area contributed by atoms with Crippen molar-refractivity contribution in [3.63, 3.8) is 0 Å². The van der Waals surface area contributed by atoms with Crippen molar-refractivity contribution in [3.8, 4) is 0 Å². The van der Waals surface area contributed by atoms with Crippen LogP contribution in [0.25, 0.3) is 0 Å². The van der Waals surface area contributed by atoms with E-state index in [4.69, 9.17) is 4.74 Å². The van der Waals surface area contributed by atoms with Crippen LogP contribution in [-0.2, 0) is 4.74 Å². The molecule has 1 heterocycles. The van der Waals surface area contributed by atoms with E-state index in [1.165, 1.54) is 43.9 Å². The molecule has 0 aromatic rings. The Kier molecular flexibility index (Phi) is 6.68. The second-order valence-corrected chi connectivity index (χ2v) is 4.76. The van der Waals surface area contributed by atoms with E-state index in [1.807, 2.05) is 0 Å². The molecular formula is C10H21NOS. The molecule has 0 aromatic heterocycles. The second-order valence-electron chi connectivity index (χ2n) is 3.61. The summed E-state index contributed by atoms with van der Waals surface area (Å²) in [6, 6.07) is 0. The number of piperidine rings is 1. The van der Waals surface area contributed by atoms with Gasteiger partial charge in [0.2, 0.25) is 0 Å². The molecule has 1 aliphatic rings. The third-order valence-corrected chi connectivity index (χ3v) is 3.73. The lowest BCUT2D eigenvalue weighted by molar-refractivity contribution is 0.200. The summed E-state index contributed by atoms with van der Waals surface area (Å²) in [6.45, 7) is 3.37. The van der Waals surface area contributed by atoms with Crippen molar-refractivity contribution in [2.24, 2.45) is 5.92 Å². The van der Waals surface area contributed by atoms with Crippen LogP contribution in [0.1, 0.15) is 19.3 Å². The van der Waals surface area contributed by atoms with E-state index < -0.39 is 0 Å². The van der Waals surface area contributed by atoms with Crippen LogP contribution in [0.4, 0.5) is 0 Å². The minimum Gasteiger partial charge on any atom is -0.385 e. The number of thioether (sulfide) groups is 1. The minimum atomic E-state index is 0.916. The Morgan fingerprint density at radius 3 is 2.85 bits per heavy atom. The molecule has 1 aliphatic heterocycles. The zero-order valence-electron chi connectivity index (χ0n) is 8.55. The number of hydrogen-bond acceptors (Lipinski definition) is 3. The molecule has 78 valence electrons. The SMILES string of the molecule is COCCCSCC1CCNCC1. The molecule has 1 saturated heterocycles. The maximum Gasteiger partial charge on any atom is 0.0470 e. The highest BCUT2D eigenvalue weighted by molar-refractivity contribution is 7.99. The van der Waals surface area contributed by atoms with Gasteiger partial charge in [-0.3, -0.25) is 0 Å². The van der Waals surface area contributed by atoms with Gasteiger partial charge in [-0.15, -0.1) is 0 Å². The highest BCUT2D eigenvalue weighted by Crippen LogP contribution is 2.18. The first kappa shape index (κ1) is 11.3. The van der Waals surface area contributed by atoms with Crippen molar-refractivity contribution in [1.29, 1.82) is 0 Å². The zero-order chi connectivity index (χ0) is 9.36. The Bertz CT molecular complexity index is 115. The van der Waals surface area contributed by atoms with Crippen LogP contribution in [-0.4, -0.2) is 38.3 Å². The number of methoxy groups -OCH3 is 1. The summed E-state index contributed by atoms with van der Waals surface area (Å²) < 4.78 is 5.01. The lowest BCUT2D eigenvalue weighted by Crippen LogP contribution is -2.28. The van der Waals surface area contributed by atoms with Gasteiger partial charge in [-0.1, -0.05) is 0 Å². The Morgan fingerprint density at radius 2 is 2.15 bits per heavy atom. The fourth-order valence-electron chi connectivity index (χ4n) is 1.60. The molecule has 0 saturated carbocycles. The van der Waals surface area contributed by atoms with Crippen LogP contribution in [0, 0.1) is 5.92 Å². The molecule has 0 aromatic carbocycles. The molecule has 1 N–H and O–H groups in total. The third kappa shape index (κ3) is 5.55. The third-order valence-electron chi connectivity index (χ3n) is 2.45. The molecule has 0 atom stereocenters. The molecule has 13 heavy (non-hydrogen) atoms. The van der Waals surface area contributed by atoms with Gasteiger partial charge in [0.05, 0.1) is 0 Å². The van der Waals surface area contributed by atoms with Crippen molar-refractivity contribution in [2.45, 2.75) is 19.3 Å².